The first-order valence-corrected chi connectivity index (χ1v) is 12.2. The molecule has 0 saturated heterocycles. The van der Waals surface area contributed by atoms with Crippen molar-refractivity contribution >= 4 is 59.3 Å². The van der Waals surface area contributed by atoms with Crippen LogP contribution in [0.3, 0.4) is 0 Å². The first-order valence-electron chi connectivity index (χ1n) is 12.2. The third kappa shape index (κ3) is 12.9. The number of hydrogen-bond donors (Lipinski definition) is 5. The summed E-state index contributed by atoms with van der Waals surface area (Å²) in [6.45, 7) is 1.53. The van der Waals surface area contributed by atoms with E-state index in [9.17, 15) is 73.5 Å². The molecular formula is C23H28O23. The van der Waals surface area contributed by atoms with Crippen LogP contribution in [0.4, 0.5) is 0 Å². The van der Waals surface area contributed by atoms with Crippen LogP contribution in [0, 0.1) is 0 Å². The topological polar surface area (TPSA) is 346 Å². The molecule has 0 aromatic carbocycles. The summed E-state index contributed by atoms with van der Waals surface area (Å²) in [7, 11) is 0. The Morgan fingerprint density at radius 1 is 0.609 bits per heavy atom. The van der Waals surface area contributed by atoms with Crippen molar-refractivity contribution in [1.29, 1.82) is 0 Å². The van der Waals surface area contributed by atoms with Crippen LogP contribution in [0.1, 0.15) is 40.5 Å². The van der Waals surface area contributed by atoms with Gasteiger partial charge in [0.15, 0.2) is 6.10 Å². The number of aliphatic hydroxyl groups excluding tert-OH is 5. The zero-order valence-electron chi connectivity index (χ0n) is 24.1. The number of carbonyl (C=O) groups is 10. The first-order chi connectivity index (χ1) is 21.2. The molecule has 0 spiro atoms. The highest BCUT2D eigenvalue weighted by atomic mass is 17.2. The monoisotopic (exact) mass is 672 g/mol. The van der Waals surface area contributed by atoms with Crippen molar-refractivity contribution in [3.63, 3.8) is 0 Å². The maximum absolute atomic E-state index is 12.7. The number of hydrogen-bond acceptors (Lipinski definition) is 23. The Bertz CT molecular complexity index is 1200. The van der Waals surface area contributed by atoms with Gasteiger partial charge in [0.2, 0.25) is 11.6 Å². The molecule has 0 aromatic heterocycles. The number of rotatable bonds is 16. The molecular weight excluding hydrogens is 644 g/mol. The van der Waals surface area contributed by atoms with E-state index in [2.05, 4.69) is 38.5 Å². The van der Waals surface area contributed by atoms with Crippen molar-refractivity contribution in [3.8, 4) is 0 Å². The summed E-state index contributed by atoms with van der Waals surface area (Å²) in [6.07, 6.45) is -14.8. The molecule has 0 heterocycles. The summed E-state index contributed by atoms with van der Waals surface area (Å²) in [6, 6.07) is 0. The van der Waals surface area contributed by atoms with E-state index in [0.29, 0.717) is 13.8 Å². The number of Topliss-reactive ketones (excluding diaryl/α,β-unsaturated/α-hetero) is 2. The van der Waals surface area contributed by atoms with E-state index < -0.39 is 115 Å². The van der Waals surface area contributed by atoms with E-state index in [4.69, 9.17) is 0 Å². The Kier molecular flexibility index (Phi) is 16.6. The van der Waals surface area contributed by atoms with Gasteiger partial charge in [-0.1, -0.05) is 0 Å². The minimum absolute atomic E-state index is 0.647. The fourth-order valence-corrected chi connectivity index (χ4v) is 2.23. The second-order valence-corrected chi connectivity index (χ2v) is 8.50. The van der Waals surface area contributed by atoms with Crippen LogP contribution in [0.2, 0.25) is 0 Å². The van der Waals surface area contributed by atoms with Crippen molar-refractivity contribution in [3.05, 3.63) is 0 Å². The number of ether oxygens (including phenoxy) is 4. The molecule has 0 amide bonds. The zero-order valence-corrected chi connectivity index (χ0v) is 24.1. The summed E-state index contributed by atoms with van der Waals surface area (Å²) in [5, 5.41) is 48.3. The van der Waals surface area contributed by atoms with Crippen LogP contribution >= 0.6 is 0 Å². The van der Waals surface area contributed by atoms with Crippen LogP contribution in [0.15, 0.2) is 0 Å². The molecule has 0 radical (unpaired) electrons. The van der Waals surface area contributed by atoms with E-state index in [1.807, 2.05) is 0 Å². The third-order valence-corrected chi connectivity index (χ3v) is 4.58. The summed E-state index contributed by atoms with van der Waals surface area (Å²) in [5.74, 6) is -21.4. The quantitative estimate of drug-likeness (QED) is 0.0336. The minimum Gasteiger partial charge on any atom is -0.414 e. The molecule has 23 nitrogen and oxygen atoms in total. The fraction of sp³-hybridized carbons (Fsp3) is 0.565. The lowest BCUT2D eigenvalue weighted by Crippen LogP contribution is -2.62. The number of esters is 4. The Morgan fingerprint density at radius 2 is 1.09 bits per heavy atom. The molecule has 0 aliphatic rings. The first kappa shape index (κ1) is 40.9. The molecule has 0 aromatic rings. The van der Waals surface area contributed by atoms with Gasteiger partial charge in [-0.05, 0) is 13.8 Å². The Hall–Kier alpha value is -5.10. The molecule has 6 atom stereocenters. The highest BCUT2D eigenvalue weighted by Gasteiger charge is 2.59. The lowest BCUT2D eigenvalue weighted by molar-refractivity contribution is -0.314. The largest absolute Gasteiger partial charge is 0.442 e. The smallest absolute Gasteiger partial charge is 0.414 e. The van der Waals surface area contributed by atoms with Crippen LogP contribution < -0.4 is 0 Å². The molecule has 0 bridgehead atoms. The van der Waals surface area contributed by atoms with Gasteiger partial charge in [0, 0.05) is 13.8 Å². The van der Waals surface area contributed by atoms with Gasteiger partial charge < -0.3 is 44.5 Å². The van der Waals surface area contributed by atoms with Gasteiger partial charge in [0.25, 0.3) is 0 Å². The van der Waals surface area contributed by atoms with Gasteiger partial charge in [-0.25, -0.2) is 48.3 Å². The lowest BCUT2D eigenvalue weighted by atomic mass is 10.0. The van der Waals surface area contributed by atoms with Crippen molar-refractivity contribution < 1.29 is 112 Å². The Balaban J connectivity index is 6.09. The maximum atomic E-state index is 12.7. The highest BCUT2D eigenvalue weighted by molar-refractivity contribution is 6.32. The van der Waals surface area contributed by atoms with Crippen LogP contribution in [0.25, 0.3) is 0 Å². The molecule has 23 heteroatoms. The summed E-state index contributed by atoms with van der Waals surface area (Å²) in [5.41, 5.74) is 0. The van der Waals surface area contributed by atoms with E-state index >= 15 is 0 Å². The van der Waals surface area contributed by atoms with E-state index in [1.165, 1.54) is 0 Å². The van der Waals surface area contributed by atoms with Crippen molar-refractivity contribution in [1.82, 2.24) is 0 Å². The number of carbonyl (C=O) groups excluding carboxylic acids is 10. The van der Waals surface area contributed by atoms with Crippen molar-refractivity contribution in [2.45, 2.75) is 77.0 Å². The van der Waals surface area contributed by atoms with Crippen LogP contribution in [-0.2, 0) is 86.4 Å². The van der Waals surface area contributed by atoms with Crippen LogP contribution in [0.5, 0.6) is 0 Å². The SMILES string of the molecule is CC(=O)C(=O)OOC(=O)C(OC(=O)CCC(=O)OC(OC(=O)C(C)O)(C(=O)OOC(=O)C(C)=O)C(O)C(O)CO)OC(=O)C(C)O. The number of aliphatic hydroxyl groups is 5. The fourth-order valence-electron chi connectivity index (χ4n) is 2.23. The minimum atomic E-state index is -3.92. The summed E-state index contributed by atoms with van der Waals surface area (Å²) in [4.78, 5) is 133. The Labute approximate surface area is 255 Å². The van der Waals surface area contributed by atoms with Gasteiger partial charge in [-0.15, -0.1) is 0 Å². The summed E-state index contributed by atoms with van der Waals surface area (Å²) >= 11 is 0. The Morgan fingerprint density at radius 3 is 1.54 bits per heavy atom. The van der Waals surface area contributed by atoms with E-state index in [-0.39, 0.29) is 0 Å². The second kappa shape index (κ2) is 18.6. The molecule has 0 aliphatic carbocycles. The molecule has 0 fully saturated rings. The van der Waals surface area contributed by atoms with Crippen molar-refractivity contribution in [2.24, 2.45) is 0 Å². The molecule has 258 valence electrons. The number of ketones is 2. The highest BCUT2D eigenvalue weighted by Crippen LogP contribution is 2.26. The molecule has 0 rings (SSSR count). The zero-order chi connectivity index (χ0) is 35.9. The van der Waals surface area contributed by atoms with E-state index in [1.54, 1.807) is 0 Å². The lowest BCUT2D eigenvalue weighted by Gasteiger charge is -2.34. The standard InChI is InChI=1S/C23H28O23/c1-8(25)16(33)40-21(20(37)45-43-18(35)10(3)27)39-13(30)5-6-14(31)41-23(15(32)12(29)7-24,42-17(34)9(2)26)22(38)46-44-19(36)11(4)28/h8-9,12,15,21,24-26,29,32H,5-7H2,1-4H3. The average molecular weight is 672 g/mol. The van der Waals surface area contributed by atoms with Gasteiger partial charge in [-0.2, -0.15) is 0 Å². The van der Waals surface area contributed by atoms with Gasteiger partial charge in [-0.3, -0.25) is 19.2 Å². The normalized spacial score (nSPS) is 15.1. The van der Waals surface area contributed by atoms with Gasteiger partial charge >= 0.3 is 59.8 Å². The maximum Gasteiger partial charge on any atom is 0.442 e. The predicted molar refractivity (Wildman–Crippen MR) is 128 cm³/mol. The molecule has 6 unspecified atom stereocenters. The average Bonchev–Trinajstić information content (AvgIpc) is 2.98. The third-order valence-electron chi connectivity index (χ3n) is 4.58. The van der Waals surface area contributed by atoms with Crippen molar-refractivity contribution in [2.75, 3.05) is 6.61 Å². The molecule has 5 N–H and O–H groups in total. The molecule has 0 aliphatic heterocycles. The predicted octanol–water partition coefficient (Wildman–Crippen LogP) is -5.38. The van der Waals surface area contributed by atoms with Gasteiger partial charge in [0.1, 0.15) is 18.3 Å². The van der Waals surface area contributed by atoms with Gasteiger partial charge in [0.05, 0.1) is 19.4 Å². The molecule has 0 saturated carbocycles. The van der Waals surface area contributed by atoms with Crippen LogP contribution in [-0.4, -0.2) is 128 Å². The van der Waals surface area contributed by atoms with E-state index in [0.717, 1.165) is 13.8 Å². The summed E-state index contributed by atoms with van der Waals surface area (Å²) < 4.78 is 18.0. The molecule has 46 heavy (non-hydrogen) atoms. The second-order valence-electron chi connectivity index (χ2n) is 8.50.